The Balaban J connectivity index is 2.59. The average molecular weight is 282 g/mol. The minimum Gasteiger partial charge on any atom is -0.444 e. The standard InChI is InChI=1S/C14H19FN2O3/c1-14(2,3)20-13(18)17(4)8-7-10-5-6-11(15)12(9-10)16-19/h5-6,9H,7-8H2,1-4H3. The molecule has 6 heteroatoms. The molecule has 0 unspecified atom stereocenters. The van der Waals surface area contributed by atoms with Crippen LogP contribution in [-0.4, -0.2) is 30.2 Å². The van der Waals surface area contributed by atoms with E-state index in [0.717, 1.165) is 5.56 Å². The van der Waals surface area contributed by atoms with Gasteiger partial charge in [-0.15, -0.1) is 4.91 Å². The number of likely N-dealkylation sites (N-methyl/N-ethyl adjacent to an activating group) is 1. The Morgan fingerprint density at radius 1 is 1.40 bits per heavy atom. The summed E-state index contributed by atoms with van der Waals surface area (Å²) < 4.78 is 18.3. The Morgan fingerprint density at radius 3 is 2.60 bits per heavy atom. The molecule has 0 saturated carbocycles. The Kier molecular flexibility index (Phi) is 5.19. The molecule has 0 bridgehead atoms. The molecule has 0 aromatic heterocycles. The summed E-state index contributed by atoms with van der Waals surface area (Å²) in [4.78, 5) is 23.6. The van der Waals surface area contributed by atoms with Gasteiger partial charge in [-0.1, -0.05) is 6.07 Å². The van der Waals surface area contributed by atoms with Gasteiger partial charge in [0.25, 0.3) is 0 Å². The number of hydrogen-bond donors (Lipinski definition) is 0. The van der Waals surface area contributed by atoms with Crippen molar-refractivity contribution in [2.24, 2.45) is 5.18 Å². The predicted molar refractivity (Wildman–Crippen MR) is 74.4 cm³/mol. The number of nitrogens with zero attached hydrogens (tertiary/aromatic N) is 2. The van der Waals surface area contributed by atoms with Crippen molar-refractivity contribution in [1.82, 2.24) is 4.90 Å². The van der Waals surface area contributed by atoms with E-state index in [1.807, 2.05) is 0 Å². The molecule has 0 saturated heterocycles. The molecule has 20 heavy (non-hydrogen) atoms. The summed E-state index contributed by atoms with van der Waals surface area (Å²) in [6.45, 7) is 5.78. The number of ether oxygens (including phenoxy) is 1. The Bertz CT molecular complexity index is 498. The van der Waals surface area contributed by atoms with Crippen LogP contribution in [0.2, 0.25) is 0 Å². The van der Waals surface area contributed by atoms with Gasteiger partial charge in [0.2, 0.25) is 0 Å². The zero-order valence-corrected chi connectivity index (χ0v) is 12.1. The molecule has 1 aromatic rings. The average Bonchev–Trinajstić information content (AvgIpc) is 2.35. The van der Waals surface area contributed by atoms with Crippen LogP contribution < -0.4 is 0 Å². The number of halogens is 1. The minimum absolute atomic E-state index is 0.220. The van der Waals surface area contributed by atoms with Crippen molar-refractivity contribution in [1.29, 1.82) is 0 Å². The molecule has 5 nitrogen and oxygen atoms in total. The van der Waals surface area contributed by atoms with Crippen molar-refractivity contribution >= 4 is 11.8 Å². The fraction of sp³-hybridized carbons (Fsp3) is 0.500. The van der Waals surface area contributed by atoms with Gasteiger partial charge >= 0.3 is 6.09 Å². The molecular formula is C14H19FN2O3. The maximum atomic E-state index is 13.1. The van der Waals surface area contributed by atoms with Gasteiger partial charge in [-0.05, 0) is 50.1 Å². The second-order valence-corrected chi connectivity index (χ2v) is 5.53. The summed E-state index contributed by atoms with van der Waals surface area (Å²) in [6.07, 6.45) is 0.0618. The Morgan fingerprint density at radius 2 is 2.05 bits per heavy atom. The number of nitroso groups, excluding NO2 is 1. The summed E-state index contributed by atoms with van der Waals surface area (Å²) in [5, 5.41) is 2.61. The first-order valence-corrected chi connectivity index (χ1v) is 6.29. The highest BCUT2D eigenvalue weighted by Crippen LogP contribution is 2.19. The molecule has 0 aliphatic heterocycles. The Hall–Kier alpha value is -1.98. The largest absolute Gasteiger partial charge is 0.444 e. The van der Waals surface area contributed by atoms with Crippen molar-refractivity contribution in [2.45, 2.75) is 32.8 Å². The fourth-order valence-corrected chi connectivity index (χ4v) is 1.51. The molecule has 0 aliphatic rings. The third-order valence-corrected chi connectivity index (χ3v) is 2.55. The first-order valence-electron chi connectivity index (χ1n) is 6.29. The van der Waals surface area contributed by atoms with Crippen molar-refractivity contribution < 1.29 is 13.9 Å². The highest BCUT2D eigenvalue weighted by Gasteiger charge is 2.19. The zero-order valence-electron chi connectivity index (χ0n) is 12.1. The van der Waals surface area contributed by atoms with Crippen molar-refractivity contribution in [2.75, 3.05) is 13.6 Å². The molecule has 0 N–H and O–H groups in total. The number of amides is 1. The summed E-state index contributed by atoms with van der Waals surface area (Å²) in [5.74, 6) is -0.649. The molecule has 1 amide bonds. The third-order valence-electron chi connectivity index (χ3n) is 2.55. The van der Waals surface area contributed by atoms with Crippen LogP contribution in [0.25, 0.3) is 0 Å². The highest BCUT2D eigenvalue weighted by molar-refractivity contribution is 5.67. The first kappa shape index (κ1) is 16.1. The summed E-state index contributed by atoms with van der Waals surface area (Å²) in [5.41, 5.74) is -0.0330. The number of hydrogen-bond acceptors (Lipinski definition) is 4. The van der Waals surface area contributed by atoms with Crippen LogP contribution in [0, 0.1) is 10.7 Å². The molecular weight excluding hydrogens is 263 g/mol. The van der Waals surface area contributed by atoms with E-state index in [0.29, 0.717) is 13.0 Å². The van der Waals surface area contributed by atoms with E-state index in [1.54, 1.807) is 33.9 Å². The van der Waals surface area contributed by atoms with E-state index in [1.165, 1.54) is 17.0 Å². The van der Waals surface area contributed by atoms with E-state index in [-0.39, 0.29) is 5.69 Å². The lowest BCUT2D eigenvalue weighted by atomic mass is 10.1. The lowest BCUT2D eigenvalue weighted by Crippen LogP contribution is -2.35. The monoisotopic (exact) mass is 282 g/mol. The molecule has 0 aliphatic carbocycles. The molecule has 1 aromatic carbocycles. The maximum Gasteiger partial charge on any atom is 0.410 e. The normalized spacial score (nSPS) is 11.1. The van der Waals surface area contributed by atoms with Crippen molar-refractivity contribution in [3.8, 4) is 0 Å². The number of benzene rings is 1. The van der Waals surface area contributed by atoms with E-state index in [4.69, 9.17) is 4.74 Å². The van der Waals surface area contributed by atoms with E-state index in [2.05, 4.69) is 5.18 Å². The molecule has 0 spiro atoms. The van der Waals surface area contributed by atoms with Crippen LogP contribution >= 0.6 is 0 Å². The van der Waals surface area contributed by atoms with Gasteiger partial charge < -0.3 is 9.64 Å². The molecule has 0 fully saturated rings. The first-order chi connectivity index (χ1) is 9.23. The van der Waals surface area contributed by atoms with Crippen LogP contribution in [0.3, 0.4) is 0 Å². The third kappa shape index (κ3) is 4.95. The highest BCUT2D eigenvalue weighted by atomic mass is 19.1. The van der Waals surface area contributed by atoms with Gasteiger partial charge in [-0.3, -0.25) is 0 Å². The van der Waals surface area contributed by atoms with Gasteiger partial charge in [0.15, 0.2) is 5.82 Å². The molecule has 110 valence electrons. The summed E-state index contributed by atoms with van der Waals surface area (Å²) in [6, 6.07) is 4.14. The van der Waals surface area contributed by atoms with Crippen molar-refractivity contribution in [3.05, 3.63) is 34.5 Å². The van der Waals surface area contributed by atoms with E-state index >= 15 is 0 Å². The van der Waals surface area contributed by atoms with Crippen LogP contribution in [0.1, 0.15) is 26.3 Å². The quantitative estimate of drug-likeness (QED) is 0.792. The van der Waals surface area contributed by atoms with Gasteiger partial charge in [0, 0.05) is 13.6 Å². The van der Waals surface area contributed by atoms with Crippen LogP contribution in [0.4, 0.5) is 14.9 Å². The van der Waals surface area contributed by atoms with Gasteiger partial charge in [0.05, 0.1) is 0 Å². The van der Waals surface area contributed by atoms with Gasteiger partial charge in [-0.2, -0.15) is 0 Å². The van der Waals surface area contributed by atoms with Crippen LogP contribution in [-0.2, 0) is 11.2 Å². The van der Waals surface area contributed by atoms with Crippen LogP contribution in [0.15, 0.2) is 23.4 Å². The summed E-state index contributed by atoms with van der Waals surface area (Å²) in [7, 11) is 1.62. The van der Waals surface area contributed by atoms with Gasteiger partial charge in [0.1, 0.15) is 11.3 Å². The molecule has 0 atom stereocenters. The second kappa shape index (κ2) is 6.45. The Labute approximate surface area is 117 Å². The summed E-state index contributed by atoms with van der Waals surface area (Å²) >= 11 is 0. The maximum absolute atomic E-state index is 13.1. The molecule has 0 heterocycles. The number of rotatable bonds is 4. The smallest absolute Gasteiger partial charge is 0.410 e. The van der Waals surface area contributed by atoms with Crippen LogP contribution in [0.5, 0.6) is 0 Å². The minimum atomic E-state index is -0.649. The van der Waals surface area contributed by atoms with E-state index < -0.39 is 17.5 Å². The lowest BCUT2D eigenvalue weighted by Gasteiger charge is -2.24. The SMILES string of the molecule is CN(CCc1ccc(F)c(N=O)c1)C(=O)OC(C)(C)C. The second-order valence-electron chi connectivity index (χ2n) is 5.53. The predicted octanol–water partition coefficient (Wildman–Crippen LogP) is 3.63. The van der Waals surface area contributed by atoms with Gasteiger partial charge in [-0.25, -0.2) is 9.18 Å². The zero-order chi connectivity index (χ0) is 15.3. The molecule has 0 radical (unpaired) electrons. The lowest BCUT2D eigenvalue weighted by molar-refractivity contribution is 0.0301. The number of carbonyl (C=O) groups excluding carboxylic acids is 1. The van der Waals surface area contributed by atoms with Crippen molar-refractivity contribution in [3.63, 3.8) is 0 Å². The number of carbonyl (C=O) groups is 1. The fourth-order valence-electron chi connectivity index (χ4n) is 1.51. The van der Waals surface area contributed by atoms with E-state index in [9.17, 15) is 14.1 Å². The topological polar surface area (TPSA) is 59.0 Å². The molecule has 1 rings (SSSR count).